The van der Waals surface area contributed by atoms with Crippen molar-refractivity contribution in [1.29, 1.82) is 0 Å². The molecule has 2 rings (SSSR count). The standard InChI is InChI=1S/C12H23N3O2/c1-2-17-12(16)15-7-3-11(4-8-15)14-9-5-13-6-10-14/h11,13H,2-10H2,1H3. The molecule has 0 aliphatic carbocycles. The highest BCUT2D eigenvalue weighted by Gasteiger charge is 2.27. The number of carbonyl (C=O) groups is 1. The lowest BCUT2D eigenvalue weighted by Crippen LogP contribution is -2.52. The van der Waals surface area contributed by atoms with Crippen LogP contribution in [0.25, 0.3) is 0 Å². The molecule has 0 aromatic carbocycles. The summed E-state index contributed by atoms with van der Waals surface area (Å²) >= 11 is 0. The summed E-state index contributed by atoms with van der Waals surface area (Å²) in [5.41, 5.74) is 0. The molecule has 0 bridgehead atoms. The van der Waals surface area contributed by atoms with Crippen LogP contribution in [0.3, 0.4) is 0 Å². The van der Waals surface area contributed by atoms with Crippen molar-refractivity contribution in [2.75, 3.05) is 45.9 Å². The maximum absolute atomic E-state index is 11.6. The zero-order chi connectivity index (χ0) is 12.1. The summed E-state index contributed by atoms with van der Waals surface area (Å²) in [6.45, 7) is 8.48. The van der Waals surface area contributed by atoms with E-state index in [1.54, 1.807) is 0 Å². The molecule has 0 atom stereocenters. The molecule has 5 heteroatoms. The highest BCUT2D eigenvalue weighted by atomic mass is 16.6. The van der Waals surface area contributed by atoms with E-state index in [4.69, 9.17) is 4.74 Å². The van der Waals surface area contributed by atoms with Crippen LogP contribution in [0.2, 0.25) is 0 Å². The number of hydrogen-bond acceptors (Lipinski definition) is 4. The molecule has 0 aromatic rings. The van der Waals surface area contributed by atoms with Gasteiger partial charge in [0.15, 0.2) is 0 Å². The number of hydrogen-bond donors (Lipinski definition) is 1. The Morgan fingerprint density at radius 1 is 1.24 bits per heavy atom. The normalized spacial score (nSPS) is 23.7. The van der Waals surface area contributed by atoms with E-state index in [2.05, 4.69) is 10.2 Å². The van der Waals surface area contributed by atoms with Gasteiger partial charge in [0.1, 0.15) is 0 Å². The molecular formula is C12H23N3O2. The van der Waals surface area contributed by atoms with Crippen LogP contribution in [0.5, 0.6) is 0 Å². The van der Waals surface area contributed by atoms with Gasteiger partial charge in [-0.3, -0.25) is 4.90 Å². The first-order chi connectivity index (χ1) is 8.31. The molecule has 0 spiro atoms. The van der Waals surface area contributed by atoms with Crippen molar-refractivity contribution >= 4 is 6.09 Å². The van der Waals surface area contributed by atoms with E-state index in [-0.39, 0.29) is 6.09 Å². The fourth-order valence-electron chi connectivity index (χ4n) is 2.68. The van der Waals surface area contributed by atoms with Gasteiger partial charge in [0.2, 0.25) is 0 Å². The lowest BCUT2D eigenvalue weighted by Gasteiger charge is -2.39. The van der Waals surface area contributed by atoms with Gasteiger partial charge < -0.3 is 15.0 Å². The van der Waals surface area contributed by atoms with E-state index in [0.717, 1.165) is 52.1 Å². The van der Waals surface area contributed by atoms with Gasteiger partial charge in [-0.2, -0.15) is 0 Å². The summed E-state index contributed by atoms with van der Waals surface area (Å²) in [7, 11) is 0. The van der Waals surface area contributed by atoms with Crippen LogP contribution in [0.15, 0.2) is 0 Å². The third kappa shape index (κ3) is 3.33. The zero-order valence-electron chi connectivity index (χ0n) is 10.7. The molecule has 2 fully saturated rings. The second kappa shape index (κ2) is 6.21. The van der Waals surface area contributed by atoms with Crippen molar-refractivity contribution in [3.05, 3.63) is 0 Å². The van der Waals surface area contributed by atoms with Crippen molar-refractivity contribution in [3.8, 4) is 0 Å². The third-order valence-corrected chi connectivity index (χ3v) is 3.66. The van der Waals surface area contributed by atoms with Gasteiger partial charge >= 0.3 is 6.09 Å². The molecule has 0 aromatic heterocycles. The van der Waals surface area contributed by atoms with E-state index >= 15 is 0 Å². The lowest BCUT2D eigenvalue weighted by atomic mass is 10.0. The molecule has 98 valence electrons. The average Bonchev–Trinajstić information content (AvgIpc) is 2.40. The van der Waals surface area contributed by atoms with Crippen LogP contribution in [0, 0.1) is 0 Å². The molecule has 2 saturated heterocycles. The maximum atomic E-state index is 11.6. The average molecular weight is 241 g/mol. The first-order valence-electron chi connectivity index (χ1n) is 6.67. The summed E-state index contributed by atoms with van der Waals surface area (Å²) in [5, 5.41) is 3.37. The summed E-state index contributed by atoms with van der Waals surface area (Å²) in [4.78, 5) is 16.0. The number of piperidine rings is 1. The fraction of sp³-hybridized carbons (Fsp3) is 0.917. The monoisotopic (exact) mass is 241 g/mol. The Morgan fingerprint density at radius 3 is 2.47 bits per heavy atom. The van der Waals surface area contributed by atoms with Crippen molar-refractivity contribution in [1.82, 2.24) is 15.1 Å². The van der Waals surface area contributed by atoms with E-state index < -0.39 is 0 Å². The minimum Gasteiger partial charge on any atom is -0.450 e. The van der Waals surface area contributed by atoms with E-state index in [0.29, 0.717) is 12.6 Å². The third-order valence-electron chi connectivity index (χ3n) is 3.66. The molecule has 2 aliphatic heterocycles. The molecular weight excluding hydrogens is 218 g/mol. The van der Waals surface area contributed by atoms with Crippen molar-refractivity contribution < 1.29 is 9.53 Å². The lowest BCUT2D eigenvalue weighted by molar-refractivity contribution is 0.0709. The van der Waals surface area contributed by atoms with Gasteiger partial charge in [-0.05, 0) is 19.8 Å². The topological polar surface area (TPSA) is 44.8 Å². The van der Waals surface area contributed by atoms with Crippen LogP contribution in [-0.4, -0.2) is 67.8 Å². The number of likely N-dealkylation sites (tertiary alicyclic amines) is 1. The molecule has 0 saturated carbocycles. The number of amides is 1. The molecule has 2 heterocycles. The van der Waals surface area contributed by atoms with E-state index in [1.807, 2.05) is 11.8 Å². The fourth-order valence-corrected chi connectivity index (χ4v) is 2.68. The van der Waals surface area contributed by atoms with Gasteiger partial charge in [-0.15, -0.1) is 0 Å². The van der Waals surface area contributed by atoms with Crippen LogP contribution < -0.4 is 5.32 Å². The predicted molar refractivity (Wildman–Crippen MR) is 66.1 cm³/mol. The summed E-state index contributed by atoms with van der Waals surface area (Å²) < 4.78 is 5.03. The van der Waals surface area contributed by atoms with Gasteiger partial charge in [-0.25, -0.2) is 4.79 Å². The van der Waals surface area contributed by atoms with Crippen LogP contribution in [-0.2, 0) is 4.74 Å². The minimum absolute atomic E-state index is 0.147. The first-order valence-corrected chi connectivity index (χ1v) is 6.67. The van der Waals surface area contributed by atoms with E-state index in [9.17, 15) is 4.79 Å². The molecule has 1 amide bonds. The number of rotatable bonds is 2. The number of carbonyl (C=O) groups excluding carboxylic acids is 1. The highest BCUT2D eigenvalue weighted by Crippen LogP contribution is 2.17. The van der Waals surface area contributed by atoms with Gasteiger partial charge in [-0.1, -0.05) is 0 Å². The molecule has 17 heavy (non-hydrogen) atoms. The van der Waals surface area contributed by atoms with Crippen molar-refractivity contribution in [3.63, 3.8) is 0 Å². The van der Waals surface area contributed by atoms with Gasteiger partial charge in [0, 0.05) is 45.3 Å². The quantitative estimate of drug-likeness (QED) is 0.765. The first kappa shape index (κ1) is 12.6. The second-order valence-corrected chi connectivity index (χ2v) is 4.70. The highest BCUT2D eigenvalue weighted by molar-refractivity contribution is 5.67. The molecule has 2 aliphatic rings. The smallest absolute Gasteiger partial charge is 0.409 e. The minimum atomic E-state index is -0.147. The number of nitrogens with one attached hydrogen (secondary N) is 1. The summed E-state index contributed by atoms with van der Waals surface area (Å²) in [5.74, 6) is 0. The second-order valence-electron chi connectivity index (χ2n) is 4.70. The number of nitrogens with zero attached hydrogens (tertiary/aromatic N) is 2. The van der Waals surface area contributed by atoms with Crippen LogP contribution in [0.4, 0.5) is 4.79 Å². The maximum Gasteiger partial charge on any atom is 0.409 e. The van der Waals surface area contributed by atoms with Gasteiger partial charge in [0.05, 0.1) is 6.61 Å². The van der Waals surface area contributed by atoms with Crippen molar-refractivity contribution in [2.24, 2.45) is 0 Å². The Balaban J connectivity index is 1.75. The summed E-state index contributed by atoms with van der Waals surface area (Å²) in [6, 6.07) is 0.655. The Hall–Kier alpha value is -0.810. The predicted octanol–water partition coefficient (Wildman–Crippen LogP) is 0.513. The summed E-state index contributed by atoms with van der Waals surface area (Å²) in [6.07, 6.45) is 2.02. The Labute approximate surface area is 103 Å². The number of piperazine rings is 1. The SMILES string of the molecule is CCOC(=O)N1CCC(N2CCNCC2)CC1. The van der Waals surface area contributed by atoms with Gasteiger partial charge in [0.25, 0.3) is 0 Å². The molecule has 0 unspecified atom stereocenters. The Kier molecular flexibility index (Phi) is 4.62. The largest absolute Gasteiger partial charge is 0.450 e. The van der Waals surface area contributed by atoms with Crippen molar-refractivity contribution in [2.45, 2.75) is 25.8 Å². The van der Waals surface area contributed by atoms with Crippen LogP contribution >= 0.6 is 0 Å². The Bertz CT molecular complexity index is 246. The zero-order valence-corrected chi connectivity index (χ0v) is 10.7. The molecule has 1 N–H and O–H groups in total. The van der Waals surface area contributed by atoms with Crippen LogP contribution in [0.1, 0.15) is 19.8 Å². The molecule has 5 nitrogen and oxygen atoms in total. The Morgan fingerprint density at radius 2 is 1.88 bits per heavy atom. The molecule has 0 radical (unpaired) electrons. The van der Waals surface area contributed by atoms with E-state index in [1.165, 1.54) is 0 Å². The number of ether oxygens (including phenoxy) is 1.